The third-order valence-corrected chi connectivity index (χ3v) is 3.09. The zero-order chi connectivity index (χ0) is 12.0. The first-order chi connectivity index (χ1) is 7.43. The van der Waals surface area contributed by atoms with Crippen molar-refractivity contribution in [1.82, 2.24) is 19.6 Å². The fourth-order valence-electron chi connectivity index (χ4n) is 1.84. The van der Waals surface area contributed by atoms with Crippen LogP contribution in [0, 0.1) is 27.7 Å². The van der Waals surface area contributed by atoms with Crippen molar-refractivity contribution in [2.24, 2.45) is 7.05 Å². The molecule has 16 heavy (non-hydrogen) atoms. The van der Waals surface area contributed by atoms with Crippen molar-refractivity contribution in [3.05, 3.63) is 22.6 Å². The molecule has 2 aromatic heterocycles. The van der Waals surface area contributed by atoms with E-state index in [4.69, 9.17) is 5.73 Å². The van der Waals surface area contributed by atoms with Crippen molar-refractivity contribution in [2.45, 2.75) is 27.7 Å². The standard InChI is InChI=1S/C11H17N5/c1-6-7(2)14-16(9(6)4)11-10(12)8(3)13-15(11)5/h12H2,1-5H3. The maximum atomic E-state index is 6.02. The van der Waals surface area contributed by atoms with Gasteiger partial charge in [0.25, 0.3) is 0 Å². The van der Waals surface area contributed by atoms with Gasteiger partial charge in [-0.1, -0.05) is 0 Å². The summed E-state index contributed by atoms with van der Waals surface area (Å²) in [5, 5.41) is 8.79. The summed E-state index contributed by atoms with van der Waals surface area (Å²) >= 11 is 0. The van der Waals surface area contributed by atoms with E-state index in [9.17, 15) is 0 Å². The van der Waals surface area contributed by atoms with Crippen LogP contribution in [0.1, 0.15) is 22.6 Å². The number of hydrogen-bond acceptors (Lipinski definition) is 3. The van der Waals surface area contributed by atoms with E-state index >= 15 is 0 Å². The van der Waals surface area contributed by atoms with Gasteiger partial charge in [-0.2, -0.15) is 10.2 Å². The third kappa shape index (κ3) is 1.31. The minimum absolute atomic E-state index is 0.688. The van der Waals surface area contributed by atoms with Gasteiger partial charge in [0.05, 0.1) is 17.1 Å². The van der Waals surface area contributed by atoms with E-state index < -0.39 is 0 Å². The molecule has 0 aliphatic rings. The molecular weight excluding hydrogens is 202 g/mol. The summed E-state index contributed by atoms with van der Waals surface area (Å²) in [6, 6.07) is 0. The van der Waals surface area contributed by atoms with Crippen LogP contribution in [0.5, 0.6) is 0 Å². The average Bonchev–Trinajstić information content (AvgIpc) is 2.60. The van der Waals surface area contributed by atoms with Crippen molar-refractivity contribution >= 4 is 5.69 Å². The monoisotopic (exact) mass is 219 g/mol. The lowest BCUT2D eigenvalue weighted by Gasteiger charge is -2.05. The summed E-state index contributed by atoms with van der Waals surface area (Å²) in [5.41, 5.74) is 10.9. The second-order valence-corrected chi connectivity index (χ2v) is 4.15. The molecule has 0 amide bonds. The van der Waals surface area contributed by atoms with Gasteiger partial charge in [0.15, 0.2) is 5.82 Å². The minimum Gasteiger partial charge on any atom is -0.394 e. The Balaban J connectivity index is 2.72. The number of rotatable bonds is 1. The van der Waals surface area contributed by atoms with E-state index in [0.29, 0.717) is 5.69 Å². The van der Waals surface area contributed by atoms with Crippen LogP contribution in [0.4, 0.5) is 5.69 Å². The Morgan fingerprint density at radius 3 is 2.00 bits per heavy atom. The molecule has 0 aliphatic carbocycles. The Kier molecular flexibility index (Phi) is 2.26. The predicted molar refractivity (Wildman–Crippen MR) is 63.7 cm³/mol. The van der Waals surface area contributed by atoms with Gasteiger partial charge in [-0.05, 0) is 33.3 Å². The second kappa shape index (κ2) is 3.37. The number of nitrogen functional groups attached to an aromatic ring is 1. The molecule has 0 spiro atoms. The van der Waals surface area contributed by atoms with E-state index in [-0.39, 0.29) is 0 Å². The molecule has 0 aromatic carbocycles. The zero-order valence-electron chi connectivity index (χ0n) is 10.4. The highest BCUT2D eigenvalue weighted by molar-refractivity contribution is 5.57. The summed E-state index contributed by atoms with van der Waals surface area (Å²) in [5.74, 6) is 0.839. The van der Waals surface area contributed by atoms with Crippen molar-refractivity contribution in [1.29, 1.82) is 0 Å². The SMILES string of the molecule is Cc1nn(-c2c(N)c(C)nn2C)c(C)c1C. The third-order valence-electron chi connectivity index (χ3n) is 3.09. The molecule has 0 unspecified atom stereocenters. The molecule has 2 rings (SSSR count). The van der Waals surface area contributed by atoms with Gasteiger partial charge in [0, 0.05) is 12.7 Å². The van der Waals surface area contributed by atoms with Gasteiger partial charge in [-0.3, -0.25) is 0 Å². The maximum Gasteiger partial charge on any atom is 0.175 e. The number of hydrogen-bond donors (Lipinski definition) is 1. The molecule has 0 atom stereocenters. The number of nitrogens with zero attached hydrogens (tertiary/aromatic N) is 4. The Labute approximate surface area is 94.9 Å². The fourth-order valence-corrected chi connectivity index (χ4v) is 1.84. The van der Waals surface area contributed by atoms with Crippen LogP contribution in [0.15, 0.2) is 0 Å². The van der Waals surface area contributed by atoms with Crippen molar-refractivity contribution in [2.75, 3.05) is 5.73 Å². The number of nitrogens with two attached hydrogens (primary N) is 1. The quantitative estimate of drug-likeness (QED) is 0.789. The van der Waals surface area contributed by atoms with Gasteiger partial charge in [0.2, 0.25) is 0 Å². The minimum atomic E-state index is 0.688. The number of aromatic nitrogens is 4. The highest BCUT2D eigenvalue weighted by atomic mass is 15.4. The summed E-state index contributed by atoms with van der Waals surface area (Å²) in [7, 11) is 1.88. The molecule has 2 aromatic rings. The van der Waals surface area contributed by atoms with Gasteiger partial charge >= 0.3 is 0 Å². The highest BCUT2D eigenvalue weighted by Gasteiger charge is 2.16. The van der Waals surface area contributed by atoms with Gasteiger partial charge in [0.1, 0.15) is 0 Å². The first-order valence-electron chi connectivity index (χ1n) is 5.25. The summed E-state index contributed by atoms with van der Waals surface area (Å²) in [6.07, 6.45) is 0. The predicted octanol–water partition coefficient (Wildman–Crippen LogP) is 1.42. The average molecular weight is 219 g/mol. The summed E-state index contributed by atoms with van der Waals surface area (Å²) < 4.78 is 3.63. The van der Waals surface area contributed by atoms with Gasteiger partial charge < -0.3 is 5.73 Å². The van der Waals surface area contributed by atoms with Crippen LogP contribution < -0.4 is 5.73 Å². The lowest BCUT2D eigenvalue weighted by molar-refractivity contribution is 0.683. The smallest absolute Gasteiger partial charge is 0.175 e. The first kappa shape index (κ1) is 10.7. The molecule has 5 nitrogen and oxygen atoms in total. The summed E-state index contributed by atoms with van der Waals surface area (Å²) in [6.45, 7) is 8.00. The van der Waals surface area contributed by atoms with E-state index in [1.165, 1.54) is 5.56 Å². The Morgan fingerprint density at radius 1 is 1.00 bits per heavy atom. The largest absolute Gasteiger partial charge is 0.394 e. The molecule has 0 bridgehead atoms. The van der Waals surface area contributed by atoms with Crippen molar-refractivity contribution in [3.63, 3.8) is 0 Å². The molecule has 0 saturated carbocycles. The lowest BCUT2D eigenvalue weighted by Crippen LogP contribution is -2.08. The van der Waals surface area contributed by atoms with E-state index in [0.717, 1.165) is 22.9 Å². The van der Waals surface area contributed by atoms with Crippen molar-refractivity contribution < 1.29 is 0 Å². The lowest BCUT2D eigenvalue weighted by atomic mass is 10.2. The van der Waals surface area contributed by atoms with Crippen LogP contribution in [0.2, 0.25) is 0 Å². The van der Waals surface area contributed by atoms with Crippen LogP contribution in [0.25, 0.3) is 5.82 Å². The molecule has 2 N–H and O–H groups in total. The zero-order valence-corrected chi connectivity index (χ0v) is 10.4. The highest BCUT2D eigenvalue weighted by Crippen LogP contribution is 2.23. The molecule has 0 aliphatic heterocycles. The summed E-state index contributed by atoms with van der Waals surface area (Å²) in [4.78, 5) is 0. The van der Waals surface area contributed by atoms with Crippen molar-refractivity contribution in [3.8, 4) is 5.82 Å². The first-order valence-corrected chi connectivity index (χ1v) is 5.25. The van der Waals surface area contributed by atoms with Crippen LogP contribution in [-0.2, 0) is 7.05 Å². The van der Waals surface area contributed by atoms with E-state index in [1.807, 2.05) is 32.5 Å². The number of anilines is 1. The topological polar surface area (TPSA) is 61.7 Å². The molecule has 0 radical (unpaired) electrons. The second-order valence-electron chi connectivity index (χ2n) is 4.15. The van der Waals surface area contributed by atoms with Crippen LogP contribution in [0.3, 0.4) is 0 Å². The van der Waals surface area contributed by atoms with Gasteiger partial charge in [-0.15, -0.1) is 0 Å². The molecule has 86 valence electrons. The Hall–Kier alpha value is -1.78. The van der Waals surface area contributed by atoms with Gasteiger partial charge in [-0.25, -0.2) is 9.36 Å². The van der Waals surface area contributed by atoms with Crippen LogP contribution in [-0.4, -0.2) is 19.6 Å². The van der Waals surface area contributed by atoms with Crippen LogP contribution >= 0.6 is 0 Å². The number of aryl methyl sites for hydroxylation is 3. The molecule has 5 heteroatoms. The molecule has 0 saturated heterocycles. The molecule has 2 heterocycles. The van der Waals surface area contributed by atoms with E-state index in [2.05, 4.69) is 17.1 Å². The van der Waals surface area contributed by atoms with E-state index in [1.54, 1.807) is 4.68 Å². The Bertz CT molecular complexity index is 547. The molecule has 0 fully saturated rings. The normalized spacial score (nSPS) is 11.1. The maximum absolute atomic E-state index is 6.02. The molecular formula is C11H17N5. The Morgan fingerprint density at radius 2 is 1.62 bits per heavy atom. The fraction of sp³-hybridized carbons (Fsp3) is 0.455.